The summed E-state index contributed by atoms with van der Waals surface area (Å²) in [5.74, 6) is 0.729. The number of benzene rings is 1. The molecule has 1 aliphatic heterocycles. The standard InChI is InChI=1S/C18H19N5O.ClH/c1-11-3-4-12(2)23(11)18-15-7-13(9-19)8-16(17(15)24-21-18)22-6-5-14(20)10-22;/h3-4,7-8,14H,5-6,10,20H2,1-2H3;1H. The van der Waals surface area contributed by atoms with E-state index in [4.69, 9.17) is 10.3 Å². The lowest BCUT2D eigenvalue weighted by atomic mass is 10.1. The van der Waals surface area contributed by atoms with E-state index in [0.29, 0.717) is 11.1 Å². The first-order chi connectivity index (χ1) is 11.6. The molecule has 3 heterocycles. The van der Waals surface area contributed by atoms with E-state index in [9.17, 15) is 5.26 Å². The monoisotopic (exact) mass is 357 g/mol. The van der Waals surface area contributed by atoms with Crippen molar-refractivity contribution in [2.24, 2.45) is 5.73 Å². The average Bonchev–Trinajstić information content (AvgIpc) is 3.26. The molecule has 0 amide bonds. The highest BCUT2D eigenvalue weighted by Crippen LogP contribution is 2.34. The van der Waals surface area contributed by atoms with Crippen LogP contribution in [0.3, 0.4) is 0 Å². The molecule has 130 valence electrons. The molecule has 1 atom stereocenters. The smallest absolute Gasteiger partial charge is 0.192 e. The Labute approximate surface area is 152 Å². The average molecular weight is 358 g/mol. The van der Waals surface area contributed by atoms with Crippen molar-refractivity contribution in [1.29, 1.82) is 5.26 Å². The molecule has 0 saturated carbocycles. The fraction of sp³-hybridized carbons (Fsp3) is 0.333. The Morgan fingerprint density at radius 2 is 2.00 bits per heavy atom. The van der Waals surface area contributed by atoms with Crippen molar-refractivity contribution >= 4 is 29.1 Å². The molecule has 25 heavy (non-hydrogen) atoms. The van der Waals surface area contributed by atoms with E-state index in [1.165, 1.54) is 0 Å². The number of hydrogen-bond donors (Lipinski definition) is 1. The molecule has 1 fully saturated rings. The van der Waals surface area contributed by atoms with Crippen LogP contribution in [-0.2, 0) is 0 Å². The van der Waals surface area contributed by atoms with Crippen LogP contribution in [0.15, 0.2) is 28.8 Å². The zero-order valence-corrected chi connectivity index (χ0v) is 15.0. The summed E-state index contributed by atoms with van der Waals surface area (Å²) < 4.78 is 7.75. The first-order valence-corrected chi connectivity index (χ1v) is 8.08. The first-order valence-electron chi connectivity index (χ1n) is 8.08. The van der Waals surface area contributed by atoms with Gasteiger partial charge < -0.3 is 15.2 Å². The van der Waals surface area contributed by atoms with Gasteiger partial charge >= 0.3 is 0 Å². The molecule has 1 saturated heterocycles. The van der Waals surface area contributed by atoms with Gasteiger partial charge in [0.1, 0.15) is 0 Å². The van der Waals surface area contributed by atoms with Gasteiger partial charge in [0.25, 0.3) is 0 Å². The highest BCUT2D eigenvalue weighted by molar-refractivity contribution is 5.95. The van der Waals surface area contributed by atoms with E-state index in [1.807, 2.05) is 42.7 Å². The Balaban J connectivity index is 0.00000182. The Kier molecular flexibility index (Phi) is 4.46. The minimum atomic E-state index is 0. The predicted octanol–water partition coefficient (Wildman–Crippen LogP) is 3.07. The Bertz CT molecular complexity index is 948. The molecule has 1 unspecified atom stereocenters. The predicted molar refractivity (Wildman–Crippen MR) is 99.6 cm³/mol. The van der Waals surface area contributed by atoms with Gasteiger partial charge in [0, 0.05) is 30.5 Å². The van der Waals surface area contributed by atoms with E-state index < -0.39 is 0 Å². The molecular formula is C18H20ClN5O. The van der Waals surface area contributed by atoms with Crippen LogP contribution in [0, 0.1) is 25.2 Å². The molecule has 0 radical (unpaired) electrons. The molecule has 1 aromatic carbocycles. The van der Waals surface area contributed by atoms with Crippen molar-refractivity contribution in [2.45, 2.75) is 26.3 Å². The number of nitrogens with two attached hydrogens (primary N) is 1. The summed E-state index contributed by atoms with van der Waals surface area (Å²) in [5, 5.41) is 14.6. The minimum absolute atomic E-state index is 0. The van der Waals surface area contributed by atoms with Crippen LogP contribution in [0.4, 0.5) is 5.69 Å². The normalized spacial score (nSPS) is 16.9. The highest BCUT2D eigenvalue weighted by atomic mass is 35.5. The van der Waals surface area contributed by atoms with Gasteiger partial charge in [-0.25, -0.2) is 0 Å². The topological polar surface area (TPSA) is 84.0 Å². The molecule has 7 heteroatoms. The lowest BCUT2D eigenvalue weighted by molar-refractivity contribution is 0.451. The number of aromatic nitrogens is 2. The van der Waals surface area contributed by atoms with Gasteiger partial charge in [0.05, 0.1) is 22.7 Å². The third kappa shape index (κ3) is 2.76. The molecule has 2 aromatic heterocycles. The van der Waals surface area contributed by atoms with Crippen molar-refractivity contribution in [1.82, 2.24) is 9.72 Å². The Morgan fingerprint density at radius 3 is 2.60 bits per heavy atom. The largest absolute Gasteiger partial charge is 0.367 e. The number of rotatable bonds is 2. The summed E-state index contributed by atoms with van der Waals surface area (Å²) in [7, 11) is 0. The van der Waals surface area contributed by atoms with Gasteiger partial charge in [-0.1, -0.05) is 5.16 Å². The number of nitriles is 1. The van der Waals surface area contributed by atoms with Crippen LogP contribution in [0.2, 0.25) is 0 Å². The lowest BCUT2D eigenvalue weighted by Gasteiger charge is -2.18. The molecule has 6 nitrogen and oxygen atoms in total. The van der Waals surface area contributed by atoms with Crippen LogP contribution >= 0.6 is 12.4 Å². The fourth-order valence-corrected chi connectivity index (χ4v) is 3.48. The molecule has 0 aliphatic carbocycles. The number of hydrogen-bond acceptors (Lipinski definition) is 5. The van der Waals surface area contributed by atoms with Crippen molar-refractivity contribution in [3.63, 3.8) is 0 Å². The SMILES string of the molecule is Cc1ccc(C)n1-c1noc2c(N3CCC(N)C3)cc(C#N)cc12.Cl. The van der Waals surface area contributed by atoms with Crippen LogP contribution in [-0.4, -0.2) is 28.9 Å². The summed E-state index contributed by atoms with van der Waals surface area (Å²) in [6.07, 6.45) is 0.940. The second kappa shape index (κ2) is 6.43. The van der Waals surface area contributed by atoms with E-state index in [1.54, 1.807) is 0 Å². The van der Waals surface area contributed by atoms with E-state index >= 15 is 0 Å². The first kappa shape index (κ1) is 17.3. The van der Waals surface area contributed by atoms with Crippen molar-refractivity contribution in [2.75, 3.05) is 18.0 Å². The van der Waals surface area contributed by atoms with Crippen LogP contribution in [0.5, 0.6) is 0 Å². The zero-order valence-electron chi connectivity index (χ0n) is 14.2. The molecule has 2 N–H and O–H groups in total. The number of aryl methyl sites for hydroxylation is 2. The van der Waals surface area contributed by atoms with Crippen molar-refractivity contribution < 1.29 is 4.52 Å². The van der Waals surface area contributed by atoms with E-state index in [2.05, 4.69) is 16.1 Å². The highest BCUT2D eigenvalue weighted by Gasteiger charge is 2.25. The third-order valence-electron chi connectivity index (χ3n) is 4.71. The van der Waals surface area contributed by atoms with Crippen LogP contribution in [0.1, 0.15) is 23.4 Å². The van der Waals surface area contributed by atoms with Crippen LogP contribution < -0.4 is 10.6 Å². The number of halogens is 1. The van der Waals surface area contributed by atoms with Gasteiger partial charge in [-0.15, -0.1) is 12.4 Å². The molecule has 3 aromatic rings. The molecule has 0 spiro atoms. The van der Waals surface area contributed by atoms with E-state index in [-0.39, 0.29) is 18.4 Å². The minimum Gasteiger partial charge on any atom is -0.367 e. The number of anilines is 1. The lowest BCUT2D eigenvalue weighted by Crippen LogP contribution is -2.26. The molecular weight excluding hydrogens is 338 g/mol. The Hall–Kier alpha value is -2.49. The zero-order chi connectivity index (χ0) is 16.8. The van der Waals surface area contributed by atoms with Gasteiger partial charge in [-0.3, -0.25) is 4.57 Å². The fourth-order valence-electron chi connectivity index (χ4n) is 3.48. The van der Waals surface area contributed by atoms with Gasteiger partial charge in [0.2, 0.25) is 0 Å². The van der Waals surface area contributed by atoms with Gasteiger partial charge in [-0.05, 0) is 44.5 Å². The Morgan fingerprint density at radius 1 is 1.28 bits per heavy atom. The molecule has 1 aliphatic rings. The second-order valence-corrected chi connectivity index (χ2v) is 6.44. The number of fused-ring (bicyclic) bond motifs is 1. The maximum Gasteiger partial charge on any atom is 0.192 e. The van der Waals surface area contributed by atoms with Crippen molar-refractivity contribution in [3.05, 3.63) is 41.2 Å². The summed E-state index contributed by atoms with van der Waals surface area (Å²) in [6.45, 7) is 5.69. The summed E-state index contributed by atoms with van der Waals surface area (Å²) in [6, 6.07) is 10.2. The van der Waals surface area contributed by atoms with E-state index in [0.717, 1.165) is 47.8 Å². The molecule has 4 rings (SSSR count). The summed E-state index contributed by atoms with van der Waals surface area (Å²) in [5.41, 5.74) is 10.4. The van der Waals surface area contributed by atoms with Crippen molar-refractivity contribution in [3.8, 4) is 11.9 Å². The quantitative estimate of drug-likeness (QED) is 0.762. The van der Waals surface area contributed by atoms with Crippen LogP contribution in [0.25, 0.3) is 16.8 Å². The maximum atomic E-state index is 9.43. The maximum absolute atomic E-state index is 9.43. The molecule has 0 bridgehead atoms. The summed E-state index contributed by atoms with van der Waals surface area (Å²) >= 11 is 0. The number of nitrogens with zero attached hydrogens (tertiary/aromatic N) is 4. The van der Waals surface area contributed by atoms with Gasteiger partial charge in [-0.2, -0.15) is 5.26 Å². The second-order valence-electron chi connectivity index (χ2n) is 6.44. The van der Waals surface area contributed by atoms with Gasteiger partial charge in [0.15, 0.2) is 11.4 Å². The third-order valence-corrected chi connectivity index (χ3v) is 4.71. The summed E-state index contributed by atoms with van der Waals surface area (Å²) in [4.78, 5) is 2.18.